The van der Waals surface area contributed by atoms with Crippen LogP contribution in [0.5, 0.6) is 11.5 Å². The van der Waals surface area contributed by atoms with Crippen LogP contribution >= 0.6 is 11.8 Å². The zero-order chi connectivity index (χ0) is 23.0. The number of carbonyl (C=O) groups excluding carboxylic acids is 1. The Hall–Kier alpha value is -3.46. The molecule has 0 radical (unpaired) electrons. The maximum absolute atomic E-state index is 12.6. The lowest BCUT2D eigenvalue weighted by molar-refractivity contribution is -0.113. The SMILES string of the molecule is COc1cc(NC(=O)CSc2nccnc2N2CCN(c3ccccc3)CC2)cc(OC)c1. The molecule has 1 saturated heterocycles. The highest BCUT2D eigenvalue weighted by Crippen LogP contribution is 2.29. The van der Waals surface area contributed by atoms with Gasteiger partial charge in [0.1, 0.15) is 16.5 Å². The van der Waals surface area contributed by atoms with Gasteiger partial charge in [0.25, 0.3) is 0 Å². The Morgan fingerprint density at radius 3 is 2.24 bits per heavy atom. The van der Waals surface area contributed by atoms with E-state index in [1.165, 1.54) is 17.4 Å². The van der Waals surface area contributed by atoms with E-state index >= 15 is 0 Å². The van der Waals surface area contributed by atoms with Gasteiger partial charge in [-0.25, -0.2) is 9.97 Å². The first-order valence-electron chi connectivity index (χ1n) is 10.7. The Morgan fingerprint density at radius 1 is 0.939 bits per heavy atom. The van der Waals surface area contributed by atoms with Crippen LogP contribution in [-0.2, 0) is 4.79 Å². The Morgan fingerprint density at radius 2 is 1.58 bits per heavy atom. The number of methoxy groups -OCH3 is 2. The molecule has 0 unspecified atom stereocenters. The standard InChI is InChI=1S/C24H27N5O3S/c1-31-20-14-18(15-21(16-20)32-2)27-22(30)17-33-24-23(25-8-9-26-24)29-12-10-28(11-13-29)19-6-4-3-5-7-19/h3-9,14-16H,10-13,17H2,1-2H3,(H,27,30). The number of nitrogens with one attached hydrogen (secondary N) is 1. The van der Waals surface area contributed by atoms with E-state index in [1.54, 1.807) is 44.8 Å². The van der Waals surface area contributed by atoms with E-state index in [-0.39, 0.29) is 11.7 Å². The third-order valence-electron chi connectivity index (χ3n) is 5.32. The van der Waals surface area contributed by atoms with Gasteiger partial charge >= 0.3 is 0 Å². The van der Waals surface area contributed by atoms with Gasteiger partial charge < -0.3 is 24.6 Å². The van der Waals surface area contributed by atoms with Crippen molar-refractivity contribution in [3.8, 4) is 11.5 Å². The number of piperazine rings is 1. The minimum absolute atomic E-state index is 0.138. The minimum Gasteiger partial charge on any atom is -0.497 e. The van der Waals surface area contributed by atoms with Gasteiger partial charge in [-0.05, 0) is 12.1 Å². The molecular weight excluding hydrogens is 438 g/mol. The number of carbonyl (C=O) groups is 1. The van der Waals surface area contributed by atoms with Gasteiger partial charge in [-0.15, -0.1) is 0 Å². The van der Waals surface area contributed by atoms with Crippen molar-refractivity contribution in [2.24, 2.45) is 0 Å². The first-order chi connectivity index (χ1) is 16.2. The number of hydrogen-bond acceptors (Lipinski definition) is 8. The molecule has 33 heavy (non-hydrogen) atoms. The fourth-order valence-corrected chi connectivity index (χ4v) is 4.45. The van der Waals surface area contributed by atoms with Crippen LogP contribution in [0.3, 0.4) is 0 Å². The molecule has 3 aromatic rings. The number of aromatic nitrogens is 2. The third-order valence-corrected chi connectivity index (χ3v) is 6.29. The van der Waals surface area contributed by atoms with Crippen molar-refractivity contribution in [2.75, 3.05) is 61.3 Å². The Balaban J connectivity index is 1.36. The topological polar surface area (TPSA) is 79.8 Å². The molecule has 1 aromatic heterocycles. The van der Waals surface area contributed by atoms with Gasteiger partial charge in [-0.2, -0.15) is 0 Å². The van der Waals surface area contributed by atoms with E-state index in [1.807, 2.05) is 6.07 Å². The fourth-order valence-electron chi connectivity index (χ4n) is 3.66. The van der Waals surface area contributed by atoms with Gasteiger partial charge in [-0.1, -0.05) is 30.0 Å². The summed E-state index contributed by atoms with van der Waals surface area (Å²) in [6, 6.07) is 15.7. The highest BCUT2D eigenvalue weighted by molar-refractivity contribution is 8.00. The van der Waals surface area contributed by atoms with E-state index in [0.717, 1.165) is 37.0 Å². The molecule has 0 saturated carbocycles. The Labute approximate surface area is 197 Å². The molecule has 4 rings (SSSR count). The van der Waals surface area contributed by atoms with E-state index in [4.69, 9.17) is 9.47 Å². The molecule has 2 aromatic carbocycles. The summed E-state index contributed by atoms with van der Waals surface area (Å²) in [5, 5.41) is 3.65. The van der Waals surface area contributed by atoms with Gasteiger partial charge in [0, 0.05) is 68.1 Å². The van der Waals surface area contributed by atoms with Crippen LogP contribution < -0.4 is 24.6 Å². The number of para-hydroxylation sites is 1. The van der Waals surface area contributed by atoms with E-state index < -0.39 is 0 Å². The highest BCUT2D eigenvalue weighted by Gasteiger charge is 2.21. The summed E-state index contributed by atoms with van der Waals surface area (Å²) >= 11 is 1.38. The van der Waals surface area contributed by atoms with Crippen molar-refractivity contribution in [3.05, 3.63) is 60.9 Å². The van der Waals surface area contributed by atoms with E-state index in [9.17, 15) is 4.79 Å². The fraction of sp³-hybridized carbons (Fsp3) is 0.292. The second kappa shape index (κ2) is 10.9. The van der Waals surface area contributed by atoms with Crippen molar-refractivity contribution < 1.29 is 14.3 Å². The predicted molar refractivity (Wildman–Crippen MR) is 132 cm³/mol. The lowest BCUT2D eigenvalue weighted by Crippen LogP contribution is -2.47. The van der Waals surface area contributed by atoms with Gasteiger partial charge in [0.05, 0.1) is 20.0 Å². The molecule has 1 aliphatic heterocycles. The molecule has 2 heterocycles. The zero-order valence-corrected chi connectivity index (χ0v) is 19.5. The summed E-state index contributed by atoms with van der Waals surface area (Å²) in [5.74, 6) is 2.13. The highest BCUT2D eigenvalue weighted by atomic mass is 32.2. The van der Waals surface area contributed by atoms with Crippen molar-refractivity contribution >= 4 is 34.9 Å². The van der Waals surface area contributed by atoms with Gasteiger partial charge in [-0.3, -0.25) is 4.79 Å². The van der Waals surface area contributed by atoms with Crippen molar-refractivity contribution in [1.29, 1.82) is 0 Å². The number of amides is 1. The summed E-state index contributed by atoms with van der Waals surface area (Å²) in [5.41, 5.74) is 1.85. The lowest BCUT2D eigenvalue weighted by atomic mass is 10.2. The van der Waals surface area contributed by atoms with Crippen molar-refractivity contribution in [1.82, 2.24) is 9.97 Å². The molecule has 0 atom stereocenters. The molecule has 1 amide bonds. The molecule has 1 aliphatic rings. The van der Waals surface area contributed by atoms with Crippen molar-refractivity contribution in [3.63, 3.8) is 0 Å². The quantitative estimate of drug-likeness (QED) is 0.506. The summed E-state index contributed by atoms with van der Waals surface area (Å²) in [6.07, 6.45) is 3.36. The predicted octanol–water partition coefficient (Wildman–Crippen LogP) is 3.55. The second-order valence-electron chi connectivity index (χ2n) is 7.43. The minimum atomic E-state index is -0.138. The molecule has 1 N–H and O–H groups in total. The first-order valence-corrected chi connectivity index (χ1v) is 11.7. The first kappa shape index (κ1) is 22.7. The summed E-state index contributed by atoms with van der Waals surface area (Å²) < 4.78 is 10.5. The number of hydrogen-bond donors (Lipinski definition) is 1. The molecule has 1 fully saturated rings. The third kappa shape index (κ3) is 5.87. The number of anilines is 3. The summed E-state index contributed by atoms with van der Waals surface area (Å²) in [4.78, 5) is 26.3. The van der Waals surface area contributed by atoms with Gasteiger partial charge in [0.2, 0.25) is 5.91 Å². The monoisotopic (exact) mass is 465 g/mol. The van der Waals surface area contributed by atoms with Gasteiger partial charge in [0.15, 0.2) is 5.82 Å². The number of benzene rings is 2. The van der Waals surface area contributed by atoms with E-state index in [0.29, 0.717) is 17.2 Å². The average molecular weight is 466 g/mol. The van der Waals surface area contributed by atoms with Crippen LogP contribution in [0.2, 0.25) is 0 Å². The Bertz CT molecular complexity index is 1050. The van der Waals surface area contributed by atoms with Crippen LogP contribution in [0.25, 0.3) is 0 Å². The molecular formula is C24H27N5O3S. The molecule has 0 bridgehead atoms. The number of thioether (sulfide) groups is 1. The largest absolute Gasteiger partial charge is 0.497 e. The normalized spacial score (nSPS) is 13.5. The smallest absolute Gasteiger partial charge is 0.234 e. The Kier molecular flexibility index (Phi) is 7.51. The molecule has 0 spiro atoms. The molecule has 8 nitrogen and oxygen atoms in total. The van der Waals surface area contributed by atoms with Crippen LogP contribution in [-0.4, -0.2) is 62.0 Å². The van der Waals surface area contributed by atoms with E-state index in [2.05, 4.69) is 49.4 Å². The van der Waals surface area contributed by atoms with Crippen LogP contribution in [0.4, 0.5) is 17.2 Å². The van der Waals surface area contributed by atoms with Crippen LogP contribution in [0, 0.1) is 0 Å². The number of ether oxygens (including phenoxy) is 2. The molecule has 0 aliphatic carbocycles. The average Bonchev–Trinajstić information content (AvgIpc) is 2.88. The molecule has 172 valence electrons. The van der Waals surface area contributed by atoms with Crippen molar-refractivity contribution in [2.45, 2.75) is 5.03 Å². The number of rotatable bonds is 8. The second-order valence-corrected chi connectivity index (χ2v) is 8.40. The number of nitrogens with zero attached hydrogens (tertiary/aromatic N) is 4. The lowest BCUT2D eigenvalue weighted by Gasteiger charge is -2.37. The summed E-state index contributed by atoms with van der Waals surface area (Å²) in [6.45, 7) is 3.50. The summed E-state index contributed by atoms with van der Waals surface area (Å²) in [7, 11) is 3.15. The maximum Gasteiger partial charge on any atom is 0.234 e. The maximum atomic E-state index is 12.6. The van der Waals surface area contributed by atoms with Crippen LogP contribution in [0.1, 0.15) is 0 Å². The zero-order valence-electron chi connectivity index (χ0n) is 18.7. The molecule has 9 heteroatoms. The van der Waals surface area contributed by atoms with Crippen LogP contribution in [0.15, 0.2) is 66.0 Å².